The van der Waals surface area contributed by atoms with Gasteiger partial charge in [-0.2, -0.15) is 0 Å². The summed E-state index contributed by atoms with van der Waals surface area (Å²) in [5.74, 6) is 0.0696. The Balaban J connectivity index is 1.45. The van der Waals surface area contributed by atoms with Gasteiger partial charge in [-0.05, 0) is 39.1 Å². The Kier molecular flexibility index (Phi) is 5.16. The Labute approximate surface area is 160 Å². The lowest BCUT2D eigenvalue weighted by atomic mass is 9.85. The first kappa shape index (κ1) is 18.4. The average Bonchev–Trinajstić information content (AvgIpc) is 3.11. The highest BCUT2D eigenvalue weighted by Gasteiger charge is 2.43. The van der Waals surface area contributed by atoms with Gasteiger partial charge in [0.05, 0.1) is 19.4 Å². The van der Waals surface area contributed by atoms with E-state index in [1.54, 1.807) is 6.20 Å². The summed E-state index contributed by atoms with van der Waals surface area (Å²) in [6.07, 6.45) is 5.51. The standard InChI is InChI=1S/C20H29N5O2/c1-22(2)11-12-24-13-14-27-16-20(24)6-9-23(10-7-20)19(26)17-15-21-18-5-3-4-8-25(17)18/h3-5,8,15H,6-7,9-14,16H2,1-2H3. The molecule has 0 saturated carbocycles. The molecule has 7 nitrogen and oxygen atoms in total. The number of aromatic nitrogens is 2. The molecule has 7 heteroatoms. The van der Waals surface area contributed by atoms with Crippen LogP contribution in [0, 0.1) is 0 Å². The van der Waals surface area contributed by atoms with Gasteiger partial charge in [0.25, 0.3) is 5.91 Å². The van der Waals surface area contributed by atoms with E-state index in [0.29, 0.717) is 5.69 Å². The number of fused-ring (bicyclic) bond motifs is 1. The number of likely N-dealkylation sites (tertiary alicyclic amines) is 1. The molecule has 146 valence electrons. The third-order valence-corrected chi connectivity index (χ3v) is 5.98. The largest absolute Gasteiger partial charge is 0.378 e. The lowest BCUT2D eigenvalue weighted by Gasteiger charge is -2.51. The molecular weight excluding hydrogens is 342 g/mol. The van der Waals surface area contributed by atoms with Gasteiger partial charge in [-0.15, -0.1) is 0 Å². The maximum Gasteiger partial charge on any atom is 0.272 e. The van der Waals surface area contributed by atoms with Gasteiger partial charge in [0.1, 0.15) is 11.3 Å². The smallest absolute Gasteiger partial charge is 0.272 e. The fourth-order valence-corrected chi connectivity index (χ4v) is 4.27. The fourth-order valence-electron chi connectivity index (χ4n) is 4.27. The predicted molar refractivity (Wildman–Crippen MR) is 104 cm³/mol. The zero-order valence-electron chi connectivity index (χ0n) is 16.3. The van der Waals surface area contributed by atoms with Crippen molar-refractivity contribution < 1.29 is 9.53 Å². The van der Waals surface area contributed by atoms with Crippen LogP contribution in [0.1, 0.15) is 23.3 Å². The minimum Gasteiger partial charge on any atom is -0.378 e. The summed E-state index contributed by atoms with van der Waals surface area (Å²) in [7, 11) is 4.23. The monoisotopic (exact) mass is 371 g/mol. The SMILES string of the molecule is CN(C)CCN1CCOCC12CCN(C(=O)c1cnc3ccccn13)CC2. The summed E-state index contributed by atoms with van der Waals surface area (Å²) in [5.41, 5.74) is 1.53. The Morgan fingerprint density at radius 2 is 2.07 bits per heavy atom. The van der Waals surface area contributed by atoms with E-state index in [-0.39, 0.29) is 11.4 Å². The van der Waals surface area contributed by atoms with Crippen molar-refractivity contribution in [3.05, 3.63) is 36.3 Å². The Morgan fingerprint density at radius 1 is 1.26 bits per heavy atom. The molecule has 2 saturated heterocycles. The van der Waals surface area contributed by atoms with Gasteiger partial charge in [0, 0.05) is 44.5 Å². The maximum atomic E-state index is 13.1. The van der Waals surface area contributed by atoms with Crippen molar-refractivity contribution in [3.63, 3.8) is 0 Å². The van der Waals surface area contributed by atoms with Crippen LogP contribution in [-0.2, 0) is 4.74 Å². The van der Waals surface area contributed by atoms with Crippen LogP contribution in [-0.4, -0.2) is 95.6 Å². The van der Waals surface area contributed by atoms with E-state index in [9.17, 15) is 4.79 Å². The molecule has 2 fully saturated rings. The van der Waals surface area contributed by atoms with Gasteiger partial charge >= 0.3 is 0 Å². The van der Waals surface area contributed by atoms with Gasteiger partial charge < -0.3 is 14.5 Å². The van der Waals surface area contributed by atoms with E-state index >= 15 is 0 Å². The molecule has 2 aromatic rings. The number of carbonyl (C=O) groups excluding carboxylic acids is 1. The number of nitrogens with zero attached hydrogens (tertiary/aromatic N) is 5. The first-order valence-electron chi connectivity index (χ1n) is 9.78. The molecule has 4 heterocycles. The highest BCUT2D eigenvalue weighted by Crippen LogP contribution is 2.32. The molecule has 2 aliphatic rings. The molecule has 0 N–H and O–H groups in total. The van der Waals surface area contributed by atoms with Gasteiger partial charge in [0.2, 0.25) is 0 Å². The minimum absolute atomic E-state index is 0.0696. The van der Waals surface area contributed by atoms with Crippen molar-refractivity contribution in [2.45, 2.75) is 18.4 Å². The van der Waals surface area contributed by atoms with Crippen molar-refractivity contribution in [3.8, 4) is 0 Å². The first-order valence-corrected chi connectivity index (χ1v) is 9.78. The number of carbonyl (C=O) groups is 1. The first-order chi connectivity index (χ1) is 13.1. The van der Waals surface area contributed by atoms with Crippen LogP contribution in [0.15, 0.2) is 30.6 Å². The highest BCUT2D eigenvalue weighted by molar-refractivity contribution is 5.93. The van der Waals surface area contributed by atoms with E-state index in [2.05, 4.69) is 28.9 Å². The minimum atomic E-state index is 0.0696. The van der Waals surface area contributed by atoms with Crippen LogP contribution in [0.4, 0.5) is 0 Å². The van der Waals surface area contributed by atoms with Crippen molar-refractivity contribution >= 4 is 11.6 Å². The number of rotatable bonds is 4. The van der Waals surface area contributed by atoms with E-state index in [1.165, 1.54) is 0 Å². The predicted octanol–water partition coefficient (Wildman–Crippen LogP) is 1.20. The molecule has 0 radical (unpaired) electrons. The molecule has 0 aromatic carbocycles. The van der Waals surface area contributed by atoms with Crippen LogP contribution >= 0.6 is 0 Å². The lowest BCUT2D eigenvalue weighted by Crippen LogP contribution is -2.62. The molecule has 0 aliphatic carbocycles. The summed E-state index contributed by atoms with van der Waals surface area (Å²) in [6, 6.07) is 5.79. The van der Waals surface area contributed by atoms with Gasteiger partial charge in [-0.3, -0.25) is 14.1 Å². The molecule has 27 heavy (non-hydrogen) atoms. The van der Waals surface area contributed by atoms with Gasteiger partial charge in [0.15, 0.2) is 0 Å². The lowest BCUT2D eigenvalue weighted by molar-refractivity contribution is -0.0927. The quantitative estimate of drug-likeness (QED) is 0.809. The van der Waals surface area contributed by atoms with Crippen molar-refractivity contribution in [1.82, 2.24) is 24.1 Å². The van der Waals surface area contributed by atoms with Crippen molar-refractivity contribution in [2.75, 3.05) is 60.0 Å². The summed E-state index contributed by atoms with van der Waals surface area (Å²) in [5, 5.41) is 0. The second-order valence-electron chi connectivity index (χ2n) is 7.93. The summed E-state index contributed by atoms with van der Waals surface area (Å²) < 4.78 is 7.73. The highest BCUT2D eigenvalue weighted by atomic mass is 16.5. The Hall–Kier alpha value is -1.96. The third kappa shape index (κ3) is 3.59. The number of likely N-dealkylation sites (N-methyl/N-ethyl adjacent to an activating group) is 1. The average molecular weight is 371 g/mol. The second kappa shape index (κ2) is 7.58. The number of hydrogen-bond donors (Lipinski definition) is 0. The van der Waals surface area contributed by atoms with Crippen molar-refractivity contribution in [2.24, 2.45) is 0 Å². The van der Waals surface area contributed by atoms with E-state index < -0.39 is 0 Å². The van der Waals surface area contributed by atoms with E-state index in [1.807, 2.05) is 33.7 Å². The number of ether oxygens (including phenoxy) is 1. The topological polar surface area (TPSA) is 53.3 Å². The van der Waals surface area contributed by atoms with E-state index in [4.69, 9.17) is 4.74 Å². The molecule has 1 amide bonds. The number of morpholine rings is 1. The summed E-state index contributed by atoms with van der Waals surface area (Å²) >= 11 is 0. The van der Waals surface area contributed by atoms with Crippen LogP contribution in [0.2, 0.25) is 0 Å². The molecule has 2 aromatic heterocycles. The van der Waals surface area contributed by atoms with Crippen LogP contribution in [0.25, 0.3) is 5.65 Å². The number of imidazole rings is 1. The summed E-state index contributed by atoms with van der Waals surface area (Å²) in [6.45, 7) is 6.19. The molecule has 0 unspecified atom stereocenters. The zero-order valence-corrected chi connectivity index (χ0v) is 16.3. The Morgan fingerprint density at radius 3 is 2.85 bits per heavy atom. The number of piperidine rings is 1. The van der Waals surface area contributed by atoms with Crippen LogP contribution in [0.3, 0.4) is 0 Å². The third-order valence-electron chi connectivity index (χ3n) is 5.98. The summed E-state index contributed by atoms with van der Waals surface area (Å²) in [4.78, 5) is 24.2. The normalized spacial score (nSPS) is 20.6. The van der Waals surface area contributed by atoms with Crippen LogP contribution in [0.5, 0.6) is 0 Å². The molecule has 2 aliphatic heterocycles. The maximum absolute atomic E-state index is 13.1. The molecule has 0 bridgehead atoms. The van der Waals surface area contributed by atoms with Crippen LogP contribution < -0.4 is 0 Å². The zero-order chi connectivity index (χ0) is 18.9. The molecular formula is C20H29N5O2. The fraction of sp³-hybridized carbons (Fsp3) is 0.600. The van der Waals surface area contributed by atoms with E-state index in [0.717, 1.165) is 64.4 Å². The van der Waals surface area contributed by atoms with Gasteiger partial charge in [-0.1, -0.05) is 6.07 Å². The number of amides is 1. The number of hydrogen-bond acceptors (Lipinski definition) is 5. The molecule has 4 rings (SSSR count). The second-order valence-corrected chi connectivity index (χ2v) is 7.93. The Bertz CT molecular complexity index is 795. The molecule has 0 atom stereocenters. The molecule has 1 spiro atoms. The van der Waals surface area contributed by atoms with Crippen molar-refractivity contribution in [1.29, 1.82) is 0 Å². The number of pyridine rings is 1. The van der Waals surface area contributed by atoms with Gasteiger partial charge in [-0.25, -0.2) is 4.98 Å².